The fourth-order valence-electron chi connectivity index (χ4n) is 12.4. The zero-order valence-corrected chi connectivity index (χ0v) is 32.7. The molecule has 6 aromatic rings. The second-order valence-electron chi connectivity index (χ2n) is 18.8. The van der Waals surface area contributed by atoms with Crippen molar-refractivity contribution in [3.05, 3.63) is 162 Å². The molecule has 4 saturated carbocycles. The van der Waals surface area contributed by atoms with Crippen LogP contribution < -0.4 is 9.64 Å². The molecule has 55 heavy (non-hydrogen) atoms. The third-order valence-electron chi connectivity index (χ3n) is 15.0. The van der Waals surface area contributed by atoms with Gasteiger partial charge in [-0.25, -0.2) is 0 Å². The number of ether oxygens (including phenoxy) is 1. The first-order valence-electron chi connectivity index (χ1n) is 20.8. The van der Waals surface area contributed by atoms with E-state index in [0.717, 1.165) is 29.0 Å². The molecule has 274 valence electrons. The highest BCUT2D eigenvalue weighted by Gasteiger charge is 2.65. The first kappa shape index (κ1) is 33.3. The molecule has 5 aliphatic carbocycles. The summed E-state index contributed by atoms with van der Waals surface area (Å²) in [4.78, 5) is 2.49. The Morgan fingerprint density at radius 1 is 0.509 bits per heavy atom. The van der Waals surface area contributed by atoms with Crippen LogP contribution in [0.25, 0.3) is 22.3 Å². The summed E-state index contributed by atoms with van der Waals surface area (Å²) >= 11 is 0. The fraction of sp³-hybridized carbons (Fsp3) is 0.321. The molecule has 0 N–H and O–H groups in total. The van der Waals surface area contributed by atoms with Gasteiger partial charge in [0.2, 0.25) is 0 Å². The molecule has 2 heteroatoms. The Kier molecular flexibility index (Phi) is 7.23. The van der Waals surface area contributed by atoms with Gasteiger partial charge in [-0.1, -0.05) is 119 Å². The standard InChI is InChI=1S/C53H51NO/c1-51(2)26-27-52(3,4)46-33-41(23-24-43(46)51)54(48-16-10-8-14-42(48)36-12-6-5-7-13-36)40-21-18-35(19-22-40)37-20-25-50-47(32-37)53(44-15-9-11-17-49(44)55-50)39-29-34-28-38(31-39)45(53)30-34/h5-25,32-34,38-39,45H,26-31H2,1-4H3. The van der Waals surface area contributed by atoms with E-state index in [1.54, 1.807) is 0 Å². The summed E-state index contributed by atoms with van der Waals surface area (Å²) in [7, 11) is 0. The lowest BCUT2D eigenvalue weighted by Gasteiger charge is -2.48. The number of para-hydroxylation sites is 2. The zero-order chi connectivity index (χ0) is 37.1. The monoisotopic (exact) mass is 717 g/mol. The van der Waals surface area contributed by atoms with Crippen LogP contribution in [0.1, 0.15) is 88.5 Å². The maximum absolute atomic E-state index is 6.73. The Morgan fingerprint density at radius 3 is 2.02 bits per heavy atom. The third kappa shape index (κ3) is 4.92. The molecule has 5 atom stereocenters. The lowest BCUT2D eigenvalue weighted by molar-refractivity contribution is 0.173. The van der Waals surface area contributed by atoms with Gasteiger partial charge in [0.1, 0.15) is 11.5 Å². The highest BCUT2D eigenvalue weighted by Crippen LogP contribution is 2.72. The second kappa shape index (κ2) is 12.0. The van der Waals surface area contributed by atoms with Crippen LogP contribution in [0.2, 0.25) is 0 Å². The Labute approximate surface area is 327 Å². The predicted octanol–water partition coefficient (Wildman–Crippen LogP) is 14.3. The van der Waals surface area contributed by atoms with Gasteiger partial charge >= 0.3 is 0 Å². The van der Waals surface area contributed by atoms with Gasteiger partial charge in [0.05, 0.1) is 5.69 Å². The van der Waals surface area contributed by atoms with Crippen molar-refractivity contribution < 1.29 is 4.74 Å². The summed E-state index contributed by atoms with van der Waals surface area (Å²) in [6.45, 7) is 9.68. The minimum Gasteiger partial charge on any atom is -0.457 e. The van der Waals surface area contributed by atoms with Gasteiger partial charge in [-0.2, -0.15) is 0 Å². The maximum atomic E-state index is 6.73. The molecule has 2 nitrogen and oxygen atoms in total. The third-order valence-corrected chi connectivity index (χ3v) is 15.0. The molecular formula is C53H51NO. The molecule has 4 bridgehead atoms. The Morgan fingerprint density at radius 2 is 1.20 bits per heavy atom. The van der Waals surface area contributed by atoms with E-state index in [1.165, 1.54) is 94.4 Å². The summed E-state index contributed by atoms with van der Waals surface area (Å²) in [5.41, 5.74) is 14.7. The van der Waals surface area contributed by atoms with Gasteiger partial charge in [0, 0.05) is 33.5 Å². The molecular weight excluding hydrogens is 667 g/mol. The van der Waals surface area contributed by atoms with Gasteiger partial charge in [-0.15, -0.1) is 0 Å². The van der Waals surface area contributed by atoms with Crippen LogP contribution in [0, 0.1) is 23.7 Å². The number of rotatable bonds is 5. The van der Waals surface area contributed by atoms with Crippen molar-refractivity contribution in [1.82, 2.24) is 0 Å². The van der Waals surface area contributed by atoms with E-state index in [0.29, 0.717) is 11.8 Å². The van der Waals surface area contributed by atoms with E-state index in [2.05, 4.69) is 172 Å². The first-order chi connectivity index (χ1) is 26.7. The number of anilines is 3. The molecule has 1 heterocycles. The predicted molar refractivity (Wildman–Crippen MR) is 227 cm³/mol. The van der Waals surface area contributed by atoms with Crippen LogP contribution in [-0.2, 0) is 16.2 Å². The van der Waals surface area contributed by atoms with Gasteiger partial charge < -0.3 is 9.64 Å². The summed E-state index contributed by atoms with van der Waals surface area (Å²) < 4.78 is 6.73. The number of nitrogens with zero attached hydrogens (tertiary/aromatic N) is 1. The van der Waals surface area contributed by atoms with Gasteiger partial charge in [0.15, 0.2) is 0 Å². The molecule has 1 aliphatic heterocycles. The molecule has 0 radical (unpaired) electrons. The van der Waals surface area contributed by atoms with Crippen LogP contribution in [0.3, 0.4) is 0 Å². The van der Waals surface area contributed by atoms with Crippen molar-refractivity contribution >= 4 is 17.1 Å². The topological polar surface area (TPSA) is 12.5 Å². The van der Waals surface area contributed by atoms with E-state index in [4.69, 9.17) is 4.74 Å². The van der Waals surface area contributed by atoms with Gasteiger partial charge in [-0.3, -0.25) is 0 Å². The highest BCUT2D eigenvalue weighted by atomic mass is 16.5. The van der Waals surface area contributed by atoms with Crippen molar-refractivity contribution in [2.45, 2.75) is 82.5 Å². The van der Waals surface area contributed by atoms with Crippen LogP contribution >= 0.6 is 0 Å². The summed E-state index contributed by atoms with van der Waals surface area (Å²) in [6.07, 6.45) is 7.91. The molecule has 0 amide bonds. The average Bonchev–Trinajstić information content (AvgIpc) is 3.62. The quantitative estimate of drug-likeness (QED) is 0.176. The molecule has 5 unspecified atom stereocenters. The molecule has 1 spiro atoms. The number of benzene rings is 6. The normalized spacial score (nSPS) is 25.9. The van der Waals surface area contributed by atoms with Crippen molar-refractivity contribution in [1.29, 1.82) is 0 Å². The van der Waals surface area contributed by atoms with Crippen LogP contribution in [0.15, 0.2) is 140 Å². The molecule has 12 rings (SSSR count). The van der Waals surface area contributed by atoms with Crippen LogP contribution in [0.4, 0.5) is 17.1 Å². The molecule has 4 fully saturated rings. The molecule has 0 aromatic heterocycles. The Balaban J connectivity index is 1.03. The number of hydrogen-bond donors (Lipinski definition) is 0. The lowest BCUT2D eigenvalue weighted by atomic mass is 9.56. The molecule has 6 aliphatic rings. The van der Waals surface area contributed by atoms with Gasteiger partial charge in [0.25, 0.3) is 0 Å². The minimum absolute atomic E-state index is 0.0601. The summed E-state index contributed by atoms with van der Waals surface area (Å²) in [6, 6.07) is 52.4. The van der Waals surface area contributed by atoms with Crippen molar-refractivity contribution in [3.8, 4) is 33.8 Å². The van der Waals surface area contributed by atoms with E-state index in [-0.39, 0.29) is 16.2 Å². The van der Waals surface area contributed by atoms with E-state index < -0.39 is 0 Å². The van der Waals surface area contributed by atoms with Crippen molar-refractivity contribution in [2.24, 2.45) is 23.7 Å². The molecule has 0 saturated heterocycles. The zero-order valence-electron chi connectivity index (χ0n) is 32.7. The maximum Gasteiger partial charge on any atom is 0.131 e. The number of fused-ring (bicyclic) bond motifs is 3. The summed E-state index contributed by atoms with van der Waals surface area (Å²) in [5.74, 6) is 5.31. The lowest BCUT2D eigenvalue weighted by Crippen LogP contribution is -2.43. The van der Waals surface area contributed by atoms with Crippen molar-refractivity contribution in [3.63, 3.8) is 0 Å². The Hall–Kier alpha value is -5.08. The van der Waals surface area contributed by atoms with E-state index in [1.807, 2.05) is 0 Å². The largest absolute Gasteiger partial charge is 0.457 e. The number of hydrogen-bond acceptors (Lipinski definition) is 2. The highest BCUT2D eigenvalue weighted by molar-refractivity contribution is 5.89. The SMILES string of the molecule is CC1(C)CCC(C)(C)c2cc(N(c3ccc(-c4ccc5c(c4)C4(c6ccccc6O5)C5CC6CC(C5)C4C6)cc3)c3ccccc3-c3ccccc3)ccc21. The second-order valence-corrected chi connectivity index (χ2v) is 18.8. The summed E-state index contributed by atoms with van der Waals surface area (Å²) in [5, 5.41) is 0. The molecule has 6 aromatic carbocycles. The van der Waals surface area contributed by atoms with Crippen molar-refractivity contribution in [2.75, 3.05) is 4.90 Å². The minimum atomic E-state index is 0.0601. The van der Waals surface area contributed by atoms with E-state index in [9.17, 15) is 0 Å². The average molecular weight is 718 g/mol. The van der Waals surface area contributed by atoms with Crippen LogP contribution in [0.5, 0.6) is 11.5 Å². The smallest absolute Gasteiger partial charge is 0.131 e. The van der Waals surface area contributed by atoms with E-state index >= 15 is 0 Å². The fourth-order valence-corrected chi connectivity index (χ4v) is 12.4. The first-order valence-corrected chi connectivity index (χ1v) is 20.8. The van der Waals surface area contributed by atoms with Gasteiger partial charge in [-0.05, 0) is 149 Å². The van der Waals surface area contributed by atoms with Crippen LogP contribution in [-0.4, -0.2) is 0 Å². The Bertz CT molecular complexity index is 2450.